The fraction of sp³-hybridized carbons (Fsp3) is 0.714. The number of hydrogen-bond donors (Lipinski definition) is 2. The molecule has 1 aromatic heterocycles. The SMILES string of the molecule is CC(=O)OC[C@H]1OC(n2cnc3c2NC=NC[C@H]3CC(C)(C)[Si](C)(C)O)CC1OC(C)=O. The monoisotopic (exact) mass is 466 g/mol. The highest BCUT2D eigenvalue weighted by Crippen LogP contribution is 2.46. The molecule has 3 heterocycles. The first kappa shape index (κ1) is 24.4. The smallest absolute Gasteiger partial charge is 0.303 e. The Balaban J connectivity index is 1.84. The Labute approximate surface area is 189 Å². The molecule has 32 heavy (non-hydrogen) atoms. The van der Waals surface area contributed by atoms with Gasteiger partial charge in [0.25, 0.3) is 0 Å². The number of esters is 2. The Hall–Kier alpha value is -2.24. The van der Waals surface area contributed by atoms with Crippen LogP contribution in [0.1, 0.15) is 58.4 Å². The van der Waals surface area contributed by atoms with Gasteiger partial charge in [0.2, 0.25) is 0 Å². The number of anilines is 1. The van der Waals surface area contributed by atoms with Crippen LogP contribution in [0.25, 0.3) is 0 Å². The van der Waals surface area contributed by atoms with Crippen LogP contribution in [-0.2, 0) is 23.8 Å². The third-order valence-corrected chi connectivity index (χ3v) is 10.0. The van der Waals surface area contributed by atoms with E-state index in [0.717, 1.165) is 17.9 Å². The van der Waals surface area contributed by atoms with Crippen molar-refractivity contribution < 1.29 is 28.6 Å². The molecule has 2 aliphatic heterocycles. The molecule has 0 radical (unpaired) electrons. The Bertz CT molecular complexity index is 878. The van der Waals surface area contributed by atoms with Crippen molar-refractivity contribution in [1.82, 2.24) is 9.55 Å². The van der Waals surface area contributed by atoms with Crippen LogP contribution in [-0.4, -0.2) is 66.3 Å². The minimum Gasteiger partial charge on any atom is -0.463 e. The summed E-state index contributed by atoms with van der Waals surface area (Å²) in [5.41, 5.74) is 0.866. The molecule has 2 aliphatic rings. The highest BCUT2D eigenvalue weighted by molar-refractivity contribution is 6.72. The van der Waals surface area contributed by atoms with Crippen LogP contribution in [0.3, 0.4) is 0 Å². The maximum atomic E-state index is 11.6. The number of aromatic nitrogens is 2. The number of hydrogen-bond acceptors (Lipinski definition) is 9. The van der Waals surface area contributed by atoms with Crippen molar-refractivity contribution in [3.05, 3.63) is 12.0 Å². The molecule has 0 aliphatic carbocycles. The van der Waals surface area contributed by atoms with E-state index < -0.39 is 38.7 Å². The predicted octanol–water partition coefficient (Wildman–Crippen LogP) is 2.57. The van der Waals surface area contributed by atoms with Gasteiger partial charge in [-0.25, -0.2) is 4.98 Å². The van der Waals surface area contributed by atoms with Crippen LogP contribution in [0.15, 0.2) is 11.3 Å². The molecule has 10 nitrogen and oxygen atoms in total. The van der Waals surface area contributed by atoms with Gasteiger partial charge in [-0.15, -0.1) is 0 Å². The first-order chi connectivity index (χ1) is 14.9. The summed E-state index contributed by atoms with van der Waals surface area (Å²) in [6, 6.07) is 0. The summed E-state index contributed by atoms with van der Waals surface area (Å²) in [6.07, 6.45) is 2.96. The number of carbonyl (C=O) groups excluding carboxylic acids is 2. The first-order valence-corrected chi connectivity index (χ1v) is 13.8. The zero-order valence-corrected chi connectivity index (χ0v) is 20.6. The molecule has 0 amide bonds. The summed E-state index contributed by atoms with van der Waals surface area (Å²) in [7, 11) is -2.40. The van der Waals surface area contributed by atoms with Crippen LogP contribution in [0.4, 0.5) is 5.82 Å². The highest BCUT2D eigenvalue weighted by Gasteiger charge is 2.43. The van der Waals surface area contributed by atoms with Crippen molar-refractivity contribution in [1.29, 1.82) is 0 Å². The van der Waals surface area contributed by atoms with Crippen LogP contribution < -0.4 is 5.32 Å². The van der Waals surface area contributed by atoms with E-state index in [2.05, 4.69) is 29.1 Å². The lowest BCUT2D eigenvalue weighted by atomic mass is 9.93. The number of nitrogens with zero attached hydrogens (tertiary/aromatic N) is 3. The molecular formula is C21H34N4O6Si. The van der Waals surface area contributed by atoms with E-state index in [1.54, 1.807) is 12.7 Å². The lowest BCUT2D eigenvalue weighted by molar-refractivity contribution is -0.155. The van der Waals surface area contributed by atoms with Crippen molar-refractivity contribution in [3.8, 4) is 0 Å². The molecule has 11 heteroatoms. The molecule has 178 valence electrons. The van der Waals surface area contributed by atoms with E-state index in [0.29, 0.717) is 13.0 Å². The quantitative estimate of drug-likeness (QED) is 0.464. The van der Waals surface area contributed by atoms with Crippen molar-refractivity contribution in [2.24, 2.45) is 4.99 Å². The summed E-state index contributed by atoms with van der Waals surface area (Å²) < 4.78 is 18.5. The Morgan fingerprint density at radius 2 is 2.06 bits per heavy atom. The summed E-state index contributed by atoms with van der Waals surface area (Å²) in [4.78, 5) is 42.7. The molecule has 4 atom stereocenters. The number of aliphatic imine (C=N–C) groups is 1. The predicted molar refractivity (Wildman–Crippen MR) is 121 cm³/mol. The van der Waals surface area contributed by atoms with Crippen LogP contribution >= 0.6 is 0 Å². The topological polar surface area (TPSA) is 124 Å². The van der Waals surface area contributed by atoms with E-state index >= 15 is 0 Å². The van der Waals surface area contributed by atoms with Gasteiger partial charge in [0.05, 0.1) is 18.4 Å². The third kappa shape index (κ3) is 5.38. The third-order valence-electron chi connectivity index (χ3n) is 6.50. The number of imidazole rings is 1. The van der Waals surface area contributed by atoms with Gasteiger partial charge in [0, 0.05) is 32.7 Å². The van der Waals surface area contributed by atoms with E-state index in [9.17, 15) is 14.4 Å². The molecule has 1 saturated heterocycles. The zero-order valence-electron chi connectivity index (χ0n) is 19.6. The number of ether oxygens (including phenoxy) is 3. The zero-order chi connectivity index (χ0) is 23.7. The molecule has 0 spiro atoms. The normalized spacial score (nSPS) is 25.6. The van der Waals surface area contributed by atoms with Gasteiger partial charge in [-0.2, -0.15) is 0 Å². The summed E-state index contributed by atoms with van der Waals surface area (Å²) in [5.74, 6) is -0.0354. The molecule has 3 rings (SSSR count). The number of nitrogens with one attached hydrogen (secondary N) is 1. The minimum atomic E-state index is -2.40. The van der Waals surface area contributed by atoms with Crippen molar-refractivity contribution >= 4 is 32.4 Å². The second-order valence-electron chi connectivity index (χ2n) is 9.68. The Kier molecular flexibility index (Phi) is 7.11. The summed E-state index contributed by atoms with van der Waals surface area (Å²) in [5, 5.41) is 2.99. The van der Waals surface area contributed by atoms with Gasteiger partial charge < -0.3 is 24.3 Å². The van der Waals surface area contributed by atoms with Gasteiger partial charge in [-0.1, -0.05) is 13.8 Å². The molecule has 0 aromatic carbocycles. The minimum absolute atomic E-state index is 0.00256. The second-order valence-corrected chi connectivity index (χ2v) is 14.2. The number of rotatable bonds is 7. The van der Waals surface area contributed by atoms with Gasteiger partial charge >= 0.3 is 11.9 Å². The van der Waals surface area contributed by atoms with Gasteiger partial charge in [0.15, 0.2) is 8.32 Å². The van der Waals surface area contributed by atoms with Gasteiger partial charge in [0.1, 0.15) is 30.9 Å². The lowest BCUT2D eigenvalue weighted by Gasteiger charge is -2.37. The fourth-order valence-electron chi connectivity index (χ4n) is 4.00. The maximum absolute atomic E-state index is 11.6. The largest absolute Gasteiger partial charge is 0.463 e. The van der Waals surface area contributed by atoms with Crippen LogP contribution in [0.5, 0.6) is 0 Å². The molecule has 0 saturated carbocycles. The van der Waals surface area contributed by atoms with Crippen molar-refractivity contribution in [2.75, 3.05) is 18.5 Å². The molecule has 2 unspecified atom stereocenters. The summed E-state index contributed by atoms with van der Waals surface area (Å²) >= 11 is 0. The molecule has 2 N–H and O–H groups in total. The second kappa shape index (κ2) is 9.32. The Morgan fingerprint density at radius 1 is 1.34 bits per heavy atom. The average Bonchev–Trinajstić information content (AvgIpc) is 3.19. The molecule has 1 aromatic rings. The van der Waals surface area contributed by atoms with Gasteiger partial charge in [-0.05, 0) is 24.6 Å². The van der Waals surface area contributed by atoms with Crippen LogP contribution in [0, 0.1) is 0 Å². The van der Waals surface area contributed by atoms with Crippen molar-refractivity contribution in [2.45, 2.75) is 83.0 Å². The van der Waals surface area contributed by atoms with Crippen LogP contribution in [0.2, 0.25) is 18.1 Å². The lowest BCUT2D eigenvalue weighted by Crippen LogP contribution is -2.40. The summed E-state index contributed by atoms with van der Waals surface area (Å²) in [6.45, 7) is 11.3. The standard InChI is InChI=1S/C21H34N4O6Si/c1-13(26)29-10-17-16(30-14(2)27)7-18(31-17)25-12-24-19-15(9-22-11-23-20(19)25)8-21(3,4)32(5,6)28/h11-12,15-18,28H,7-10H2,1-6H3,(H,22,23)/t15-,16?,17-,18?/m1/s1. The van der Waals surface area contributed by atoms with E-state index in [1.807, 2.05) is 17.7 Å². The van der Waals surface area contributed by atoms with E-state index in [-0.39, 0.29) is 17.6 Å². The molecular weight excluding hydrogens is 432 g/mol. The van der Waals surface area contributed by atoms with Crippen molar-refractivity contribution in [3.63, 3.8) is 0 Å². The maximum Gasteiger partial charge on any atom is 0.303 e. The molecule has 1 fully saturated rings. The fourth-order valence-corrected chi connectivity index (χ4v) is 4.75. The molecule has 0 bridgehead atoms. The number of fused-ring (bicyclic) bond motifs is 1. The van der Waals surface area contributed by atoms with E-state index in [1.165, 1.54) is 13.8 Å². The van der Waals surface area contributed by atoms with E-state index in [4.69, 9.17) is 14.2 Å². The van der Waals surface area contributed by atoms with Gasteiger partial charge in [-0.3, -0.25) is 19.1 Å². The highest BCUT2D eigenvalue weighted by atomic mass is 28.4. The first-order valence-electron chi connectivity index (χ1n) is 10.9. The average molecular weight is 467 g/mol. The Morgan fingerprint density at radius 3 is 2.69 bits per heavy atom. The number of carbonyl (C=O) groups is 2.